The van der Waals surface area contributed by atoms with Crippen molar-refractivity contribution in [3.8, 4) is 0 Å². The molecule has 2 rings (SSSR count). The Kier molecular flexibility index (Phi) is 8.74. The van der Waals surface area contributed by atoms with Crippen LogP contribution in [0.25, 0.3) is 0 Å². The number of hydrogen-bond acceptors (Lipinski definition) is 2. The van der Waals surface area contributed by atoms with Gasteiger partial charge in [0.1, 0.15) is 0 Å². The highest BCUT2D eigenvalue weighted by Gasteiger charge is 2.30. The first kappa shape index (κ1) is 22.7. The molecule has 0 aromatic heterocycles. The minimum absolute atomic E-state index is 0.595. The van der Waals surface area contributed by atoms with Gasteiger partial charge in [0.25, 0.3) is 0 Å². The Morgan fingerprint density at radius 1 is 0.893 bits per heavy atom. The van der Waals surface area contributed by atoms with Gasteiger partial charge in [-0.25, -0.2) is 0 Å². The largest absolute Gasteiger partial charge is 0.416 e. The number of rotatable bonds is 10. The fraction of sp³-hybridized carbons (Fsp3) is 0.478. The van der Waals surface area contributed by atoms with E-state index < -0.39 is 11.7 Å². The summed E-state index contributed by atoms with van der Waals surface area (Å²) in [4.78, 5) is 3.64. The Bertz CT molecular complexity index is 718. The van der Waals surface area contributed by atoms with Gasteiger partial charge in [-0.05, 0) is 54.5 Å². The molecule has 0 saturated heterocycles. The Labute approximate surface area is 171 Å². The lowest BCUT2D eigenvalue weighted by molar-refractivity contribution is -0.137. The lowest BCUT2D eigenvalue weighted by Gasteiger charge is -2.28. The number of anilines is 1. The summed E-state index contributed by atoms with van der Waals surface area (Å²) in [7, 11) is 0. The van der Waals surface area contributed by atoms with E-state index in [0.29, 0.717) is 6.42 Å². The first-order valence-electron chi connectivity index (χ1n) is 9.97. The van der Waals surface area contributed by atoms with Crippen molar-refractivity contribution in [1.82, 2.24) is 0 Å². The van der Waals surface area contributed by atoms with Crippen LogP contribution < -0.4 is 4.90 Å². The quantitative estimate of drug-likeness (QED) is 0.376. The van der Waals surface area contributed by atoms with Crippen molar-refractivity contribution in [2.75, 3.05) is 24.2 Å². The maximum Gasteiger partial charge on any atom is 0.416 e. The summed E-state index contributed by atoms with van der Waals surface area (Å²) in [5, 5.41) is 0. The molecular formula is C23H30F3NS. The molecule has 1 nitrogen and oxygen atoms in total. The smallest absolute Gasteiger partial charge is 0.371 e. The molecule has 28 heavy (non-hydrogen) atoms. The van der Waals surface area contributed by atoms with E-state index in [9.17, 15) is 13.2 Å². The molecule has 2 aromatic rings. The van der Waals surface area contributed by atoms with Crippen LogP contribution in [0.15, 0.2) is 47.4 Å². The number of unbranched alkanes of at least 4 members (excludes halogenated alkanes) is 2. The van der Waals surface area contributed by atoms with E-state index in [1.54, 1.807) is 23.9 Å². The zero-order valence-corrected chi connectivity index (χ0v) is 17.8. The highest BCUT2D eigenvalue weighted by molar-refractivity contribution is 7.98. The molecule has 0 amide bonds. The van der Waals surface area contributed by atoms with Gasteiger partial charge in [-0.1, -0.05) is 44.9 Å². The van der Waals surface area contributed by atoms with Crippen LogP contribution in [0.5, 0.6) is 0 Å². The highest BCUT2D eigenvalue weighted by Crippen LogP contribution is 2.34. The number of benzene rings is 2. The molecule has 0 atom stereocenters. The first-order valence-corrected chi connectivity index (χ1v) is 11.2. The van der Waals surface area contributed by atoms with E-state index >= 15 is 0 Å². The topological polar surface area (TPSA) is 3.24 Å². The molecule has 0 heterocycles. The summed E-state index contributed by atoms with van der Waals surface area (Å²) in [6.45, 7) is 6.40. The molecule has 0 aliphatic carbocycles. The van der Waals surface area contributed by atoms with Gasteiger partial charge < -0.3 is 4.90 Å². The molecule has 0 aliphatic rings. The Morgan fingerprint density at radius 3 is 2.00 bits per heavy atom. The Morgan fingerprint density at radius 2 is 1.50 bits per heavy atom. The van der Waals surface area contributed by atoms with Crippen molar-refractivity contribution in [2.24, 2.45) is 0 Å². The van der Waals surface area contributed by atoms with Crippen LogP contribution in [0.4, 0.5) is 18.9 Å². The van der Waals surface area contributed by atoms with Crippen LogP contribution in [0.1, 0.15) is 56.2 Å². The SMILES string of the molecule is CCCCN(CCCC)c1cccc(SC)c1Cc1ccc(C(F)(F)F)cc1. The molecule has 0 saturated carbocycles. The average Bonchev–Trinajstić information content (AvgIpc) is 2.68. The monoisotopic (exact) mass is 409 g/mol. The molecule has 0 bridgehead atoms. The van der Waals surface area contributed by atoms with Gasteiger partial charge in [0, 0.05) is 30.1 Å². The summed E-state index contributed by atoms with van der Waals surface area (Å²) in [5.41, 5.74) is 2.74. The number of alkyl halides is 3. The minimum atomic E-state index is -4.29. The van der Waals surface area contributed by atoms with E-state index in [-0.39, 0.29) is 0 Å². The molecule has 0 aliphatic heterocycles. The van der Waals surface area contributed by atoms with Crippen molar-refractivity contribution < 1.29 is 13.2 Å². The summed E-state index contributed by atoms with van der Waals surface area (Å²) in [6.07, 6.45) is 2.94. The van der Waals surface area contributed by atoms with Crippen molar-refractivity contribution in [3.05, 3.63) is 59.2 Å². The summed E-state index contributed by atoms with van der Waals surface area (Å²) < 4.78 is 38.6. The second-order valence-corrected chi connectivity index (χ2v) is 7.87. The third-order valence-corrected chi connectivity index (χ3v) is 5.72. The lowest BCUT2D eigenvalue weighted by atomic mass is 10.0. The minimum Gasteiger partial charge on any atom is -0.371 e. The maximum absolute atomic E-state index is 12.9. The molecule has 0 spiro atoms. The van der Waals surface area contributed by atoms with Gasteiger partial charge in [0.2, 0.25) is 0 Å². The normalized spacial score (nSPS) is 11.6. The van der Waals surface area contributed by atoms with Crippen LogP contribution in [0.3, 0.4) is 0 Å². The summed E-state index contributed by atoms with van der Waals surface area (Å²) >= 11 is 1.69. The van der Waals surface area contributed by atoms with Gasteiger partial charge in [-0.15, -0.1) is 11.8 Å². The van der Waals surface area contributed by atoms with Gasteiger partial charge in [0.05, 0.1) is 5.56 Å². The van der Waals surface area contributed by atoms with E-state index in [4.69, 9.17) is 0 Å². The first-order chi connectivity index (χ1) is 13.4. The standard InChI is InChI=1S/C23H30F3NS/c1-4-6-15-27(16-7-5-2)21-9-8-10-22(28-3)20(21)17-18-11-13-19(14-12-18)23(24,25)26/h8-14H,4-7,15-17H2,1-3H3. The van der Waals surface area contributed by atoms with Crippen LogP contribution in [-0.4, -0.2) is 19.3 Å². The molecule has 0 fully saturated rings. The zero-order valence-electron chi connectivity index (χ0n) is 17.0. The summed E-state index contributed by atoms with van der Waals surface area (Å²) in [5.74, 6) is 0. The predicted molar refractivity (Wildman–Crippen MR) is 115 cm³/mol. The van der Waals surface area contributed by atoms with E-state index in [1.807, 2.05) is 0 Å². The van der Waals surface area contributed by atoms with Crippen molar-refractivity contribution in [2.45, 2.75) is 57.0 Å². The third-order valence-electron chi connectivity index (χ3n) is 4.89. The van der Waals surface area contributed by atoms with E-state index in [1.165, 1.54) is 28.3 Å². The van der Waals surface area contributed by atoms with Crippen LogP contribution in [-0.2, 0) is 12.6 Å². The fourth-order valence-electron chi connectivity index (χ4n) is 3.29. The molecule has 0 N–H and O–H groups in total. The molecular weight excluding hydrogens is 379 g/mol. The van der Waals surface area contributed by atoms with Crippen molar-refractivity contribution in [3.63, 3.8) is 0 Å². The average molecular weight is 410 g/mol. The third kappa shape index (κ3) is 6.20. The predicted octanol–water partition coefficient (Wildman–Crippen LogP) is 7.42. The van der Waals surface area contributed by atoms with E-state index in [0.717, 1.165) is 44.3 Å². The van der Waals surface area contributed by atoms with Crippen molar-refractivity contribution in [1.29, 1.82) is 0 Å². The zero-order chi connectivity index (χ0) is 20.6. The Balaban J connectivity index is 2.35. The van der Waals surface area contributed by atoms with Crippen LogP contribution in [0, 0.1) is 0 Å². The van der Waals surface area contributed by atoms with Crippen LogP contribution in [0.2, 0.25) is 0 Å². The second kappa shape index (κ2) is 10.8. The number of nitrogens with zero attached hydrogens (tertiary/aromatic N) is 1. The van der Waals surface area contributed by atoms with Gasteiger partial charge in [-0.2, -0.15) is 13.2 Å². The van der Waals surface area contributed by atoms with Gasteiger partial charge in [-0.3, -0.25) is 0 Å². The lowest BCUT2D eigenvalue weighted by Crippen LogP contribution is -2.27. The number of halogens is 3. The molecule has 5 heteroatoms. The van der Waals surface area contributed by atoms with Gasteiger partial charge in [0.15, 0.2) is 0 Å². The highest BCUT2D eigenvalue weighted by atomic mass is 32.2. The second-order valence-electron chi connectivity index (χ2n) is 7.02. The van der Waals surface area contributed by atoms with Gasteiger partial charge >= 0.3 is 6.18 Å². The van der Waals surface area contributed by atoms with Crippen molar-refractivity contribution >= 4 is 17.4 Å². The number of hydrogen-bond donors (Lipinski definition) is 0. The molecule has 154 valence electrons. The Hall–Kier alpha value is -1.62. The molecule has 0 radical (unpaired) electrons. The maximum atomic E-state index is 12.9. The van der Waals surface area contributed by atoms with Crippen LogP contribution >= 0.6 is 11.8 Å². The molecule has 2 aromatic carbocycles. The van der Waals surface area contributed by atoms with E-state index in [2.05, 4.69) is 43.2 Å². The molecule has 0 unspecified atom stereocenters. The fourth-order valence-corrected chi connectivity index (χ4v) is 3.92. The summed E-state index contributed by atoms with van der Waals surface area (Å²) in [6, 6.07) is 11.9. The number of thioether (sulfide) groups is 1.